The Bertz CT molecular complexity index is 994. The van der Waals surface area contributed by atoms with E-state index in [0.717, 1.165) is 10.6 Å². The zero-order valence-corrected chi connectivity index (χ0v) is 14.5. The van der Waals surface area contributed by atoms with E-state index >= 15 is 0 Å². The standard InChI is InChI=1S/C15H11Cl2N3O2S/c1-7-8(2)23-15-18-6-10(14(22)20(7)15)13(21)19-12-4-3-9(16)5-11(12)17/h3-6H,1-2H3,(H,19,21). The third-order valence-electron chi connectivity index (χ3n) is 3.44. The van der Waals surface area contributed by atoms with Crippen molar-refractivity contribution < 1.29 is 4.79 Å². The first kappa shape index (κ1) is 16.0. The van der Waals surface area contributed by atoms with E-state index < -0.39 is 11.5 Å². The minimum absolute atomic E-state index is 0.0468. The van der Waals surface area contributed by atoms with Crippen molar-refractivity contribution in [3.05, 3.63) is 60.9 Å². The number of carbonyl (C=O) groups excluding carboxylic acids is 1. The van der Waals surface area contributed by atoms with Crippen LogP contribution in [0.15, 0.2) is 29.2 Å². The van der Waals surface area contributed by atoms with Crippen LogP contribution in [0.3, 0.4) is 0 Å². The number of halogens is 2. The van der Waals surface area contributed by atoms with Crippen molar-refractivity contribution in [2.75, 3.05) is 5.32 Å². The Kier molecular flexibility index (Phi) is 4.14. The third kappa shape index (κ3) is 2.85. The summed E-state index contributed by atoms with van der Waals surface area (Å²) in [5, 5.41) is 3.36. The maximum Gasteiger partial charge on any atom is 0.271 e. The highest BCUT2D eigenvalue weighted by molar-refractivity contribution is 7.17. The van der Waals surface area contributed by atoms with Crippen molar-refractivity contribution >= 4 is 51.1 Å². The monoisotopic (exact) mass is 367 g/mol. The zero-order chi connectivity index (χ0) is 16.7. The van der Waals surface area contributed by atoms with Crippen LogP contribution in [0, 0.1) is 13.8 Å². The van der Waals surface area contributed by atoms with Crippen LogP contribution < -0.4 is 10.9 Å². The molecule has 0 saturated carbocycles. The SMILES string of the molecule is Cc1sc2ncc(C(=O)Nc3ccc(Cl)cc3Cl)c(=O)n2c1C. The summed E-state index contributed by atoms with van der Waals surface area (Å²) in [5.41, 5.74) is 0.708. The molecule has 2 heterocycles. The number of fused-ring (bicyclic) bond motifs is 1. The molecule has 1 amide bonds. The van der Waals surface area contributed by atoms with Gasteiger partial charge in [0.15, 0.2) is 4.96 Å². The molecule has 23 heavy (non-hydrogen) atoms. The maximum atomic E-state index is 12.5. The molecule has 0 bridgehead atoms. The number of rotatable bonds is 2. The molecule has 2 aromatic heterocycles. The average Bonchev–Trinajstić information content (AvgIpc) is 2.78. The van der Waals surface area contributed by atoms with E-state index in [2.05, 4.69) is 10.3 Å². The van der Waals surface area contributed by atoms with Crippen LogP contribution in [0.1, 0.15) is 20.9 Å². The summed E-state index contributed by atoms with van der Waals surface area (Å²) in [6, 6.07) is 4.69. The Morgan fingerprint density at radius 2 is 2.04 bits per heavy atom. The lowest BCUT2D eigenvalue weighted by atomic mass is 10.2. The van der Waals surface area contributed by atoms with Crippen LogP contribution in [-0.4, -0.2) is 15.3 Å². The number of hydrogen-bond acceptors (Lipinski definition) is 4. The number of aryl methyl sites for hydroxylation is 2. The molecule has 0 unspecified atom stereocenters. The van der Waals surface area contributed by atoms with E-state index in [-0.39, 0.29) is 5.56 Å². The van der Waals surface area contributed by atoms with Gasteiger partial charge in [-0.2, -0.15) is 0 Å². The molecule has 0 atom stereocenters. The van der Waals surface area contributed by atoms with Crippen LogP contribution in [0.2, 0.25) is 10.0 Å². The smallest absolute Gasteiger partial charge is 0.271 e. The van der Waals surface area contributed by atoms with E-state index in [9.17, 15) is 9.59 Å². The van der Waals surface area contributed by atoms with Gasteiger partial charge in [-0.05, 0) is 32.0 Å². The second-order valence-electron chi connectivity index (χ2n) is 4.92. The van der Waals surface area contributed by atoms with Crippen molar-refractivity contribution in [3.8, 4) is 0 Å². The van der Waals surface area contributed by atoms with Crippen LogP contribution in [0.25, 0.3) is 4.96 Å². The first-order chi connectivity index (χ1) is 10.9. The Labute approximate surface area is 145 Å². The van der Waals surface area contributed by atoms with Gasteiger partial charge in [0.25, 0.3) is 11.5 Å². The zero-order valence-electron chi connectivity index (χ0n) is 12.2. The van der Waals surface area contributed by atoms with E-state index in [4.69, 9.17) is 23.2 Å². The number of aromatic nitrogens is 2. The topological polar surface area (TPSA) is 63.5 Å². The Hall–Kier alpha value is -1.89. The number of nitrogens with one attached hydrogen (secondary N) is 1. The highest BCUT2D eigenvalue weighted by atomic mass is 35.5. The summed E-state index contributed by atoms with van der Waals surface area (Å²) in [5.74, 6) is -0.565. The minimum atomic E-state index is -0.565. The highest BCUT2D eigenvalue weighted by Gasteiger charge is 2.17. The predicted molar refractivity (Wildman–Crippen MR) is 93.2 cm³/mol. The number of amides is 1. The number of anilines is 1. The molecular weight excluding hydrogens is 357 g/mol. The number of nitrogens with zero attached hydrogens (tertiary/aromatic N) is 2. The van der Waals surface area contributed by atoms with Crippen molar-refractivity contribution in [1.29, 1.82) is 0 Å². The quantitative estimate of drug-likeness (QED) is 0.746. The van der Waals surface area contributed by atoms with Crippen LogP contribution in [-0.2, 0) is 0 Å². The van der Waals surface area contributed by atoms with Crippen molar-refractivity contribution in [2.45, 2.75) is 13.8 Å². The Morgan fingerprint density at radius 3 is 2.74 bits per heavy atom. The highest BCUT2D eigenvalue weighted by Crippen LogP contribution is 2.25. The molecule has 0 saturated heterocycles. The molecule has 0 aliphatic heterocycles. The molecule has 0 aliphatic carbocycles. The summed E-state index contributed by atoms with van der Waals surface area (Å²) >= 11 is 13.3. The van der Waals surface area contributed by atoms with Gasteiger partial charge in [0, 0.05) is 21.8 Å². The van der Waals surface area contributed by atoms with Gasteiger partial charge in [-0.3, -0.25) is 14.0 Å². The van der Waals surface area contributed by atoms with Crippen molar-refractivity contribution in [3.63, 3.8) is 0 Å². The second-order valence-corrected chi connectivity index (χ2v) is 6.94. The van der Waals surface area contributed by atoms with Gasteiger partial charge in [-0.25, -0.2) is 4.98 Å². The van der Waals surface area contributed by atoms with Gasteiger partial charge in [0.1, 0.15) is 5.56 Å². The van der Waals surface area contributed by atoms with Gasteiger partial charge >= 0.3 is 0 Å². The van der Waals surface area contributed by atoms with E-state index in [0.29, 0.717) is 20.7 Å². The van der Waals surface area contributed by atoms with Gasteiger partial charge in [0.05, 0.1) is 10.7 Å². The van der Waals surface area contributed by atoms with E-state index in [1.165, 1.54) is 28.0 Å². The van der Waals surface area contributed by atoms with Crippen LogP contribution >= 0.6 is 34.5 Å². The molecule has 1 N–H and O–H groups in total. The molecule has 118 valence electrons. The minimum Gasteiger partial charge on any atom is -0.320 e. The molecule has 1 aromatic carbocycles. The van der Waals surface area contributed by atoms with E-state index in [1.807, 2.05) is 13.8 Å². The normalized spacial score (nSPS) is 11.0. The third-order valence-corrected chi connectivity index (χ3v) is 5.06. The molecule has 0 aliphatic rings. The first-order valence-electron chi connectivity index (χ1n) is 6.62. The molecular formula is C15H11Cl2N3O2S. The summed E-state index contributed by atoms with van der Waals surface area (Å²) in [7, 11) is 0. The summed E-state index contributed by atoms with van der Waals surface area (Å²) < 4.78 is 1.44. The van der Waals surface area contributed by atoms with Crippen molar-refractivity contribution in [1.82, 2.24) is 9.38 Å². The lowest BCUT2D eigenvalue weighted by Crippen LogP contribution is -2.26. The summed E-state index contributed by atoms with van der Waals surface area (Å²) in [4.78, 5) is 30.7. The lowest BCUT2D eigenvalue weighted by molar-refractivity contribution is 0.102. The second kappa shape index (κ2) is 5.96. The lowest BCUT2D eigenvalue weighted by Gasteiger charge is -2.07. The fourth-order valence-corrected chi connectivity index (χ4v) is 3.50. The molecule has 0 fully saturated rings. The summed E-state index contributed by atoms with van der Waals surface area (Å²) in [6.45, 7) is 3.72. The number of hydrogen-bond donors (Lipinski definition) is 1. The molecule has 0 radical (unpaired) electrons. The number of thiazole rings is 1. The molecule has 0 spiro atoms. The fourth-order valence-electron chi connectivity index (χ4n) is 2.11. The average molecular weight is 368 g/mol. The van der Waals surface area contributed by atoms with Crippen LogP contribution in [0.5, 0.6) is 0 Å². The predicted octanol–water partition coefficient (Wildman–Crippen LogP) is 3.93. The van der Waals surface area contributed by atoms with Gasteiger partial charge in [0.2, 0.25) is 0 Å². The maximum absolute atomic E-state index is 12.5. The van der Waals surface area contributed by atoms with Crippen LogP contribution in [0.4, 0.5) is 5.69 Å². The molecule has 3 rings (SSSR count). The number of benzene rings is 1. The summed E-state index contributed by atoms with van der Waals surface area (Å²) in [6.07, 6.45) is 1.28. The molecule has 3 aromatic rings. The molecule has 8 heteroatoms. The first-order valence-corrected chi connectivity index (χ1v) is 8.20. The number of carbonyl (C=O) groups is 1. The molecule has 5 nitrogen and oxygen atoms in total. The van der Waals surface area contributed by atoms with Gasteiger partial charge in [-0.15, -0.1) is 11.3 Å². The van der Waals surface area contributed by atoms with Gasteiger partial charge in [-0.1, -0.05) is 23.2 Å². The Balaban J connectivity index is 2.03. The van der Waals surface area contributed by atoms with Crippen molar-refractivity contribution in [2.24, 2.45) is 0 Å². The fraction of sp³-hybridized carbons (Fsp3) is 0.133. The largest absolute Gasteiger partial charge is 0.320 e. The van der Waals surface area contributed by atoms with Gasteiger partial charge < -0.3 is 5.32 Å². The van der Waals surface area contributed by atoms with E-state index in [1.54, 1.807) is 12.1 Å². The Morgan fingerprint density at radius 1 is 1.30 bits per heavy atom.